The largest absolute Gasteiger partial charge is 0.366 e. The van der Waals surface area contributed by atoms with Crippen molar-refractivity contribution >= 4 is 5.78 Å². The molecule has 23 heavy (non-hydrogen) atoms. The summed E-state index contributed by atoms with van der Waals surface area (Å²) in [6.07, 6.45) is 4.24. The van der Waals surface area contributed by atoms with E-state index in [-0.39, 0.29) is 34.7 Å². The Morgan fingerprint density at radius 3 is 2.57 bits per heavy atom. The first kappa shape index (κ1) is 15.6. The molecule has 0 aromatic heterocycles. The van der Waals surface area contributed by atoms with Gasteiger partial charge in [-0.05, 0) is 45.8 Å². The Morgan fingerprint density at radius 2 is 1.96 bits per heavy atom. The maximum atomic E-state index is 13.7. The Hall–Kier alpha value is -0.930. The molecular weight excluding hydrogens is 288 g/mol. The van der Waals surface area contributed by atoms with Crippen molar-refractivity contribution in [3.63, 3.8) is 0 Å². The first-order valence-electron chi connectivity index (χ1n) is 8.74. The van der Waals surface area contributed by atoms with Gasteiger partial charge >= 0.3 is 0 Å². The molecule has 0 aromatic rings. The molecule has 126 valence electrons. The lowest BCUT2D eigenvalue weighted by molar-refractivity contribution is -0.145. The second kappa shape index (κ2) is 4.00. The highest BCUT2D eigenvalue weighted by Gasteiger charge is 2.84. The first-order valence-corrected chi connectivity index (χ1v) is 8.74. The molecule has 0 bridgehead atoms. The van der Waals surface area contributed by atoms with E-state index in [1.54, 1.807) is 0 Å². The third-order valence-corrected chi connectivity index (χ3v) is 7.72. The van der Waals surface area contributed by atoms with E-state index in [1.807, 2.05) is 13.8 Å². The van der Waals surface area contributed by atoms with Crippen LogP contribution in [-0.4, -0.2) is 30.2 Å². The molecule has 2 aliphatic carbocycles. The molecule has 3 nitrogen and oxygen atoms in total. The summed E-state index contributed by atoms with van der Waals surface area (Å²) in [6.45, 7) is 15.6. The summed E-state index contributed by atoms with van der Waals surface area (Å²) >= 11 is 0. The number of hydrogen-bond donors (Lipinski definition) is 0. The molecule has 0 amide bonds. The number of carbonyl (C=O) groups is 1. The summed E-state index contributed by atoms with van der Waals surface area (Å²) in [4.78, 5) is 13.7. The van der Waals surface area contributed by atoms with Crippen molar-refractivity contribution in [2.45, 2.75) is 66.3 Å². The zero-order valence-electron chi connectivity index (χ0n) is 15.3. The lowest BCUT2D eigenvalue weighted by Crippen LogP contribution is -2.52. The zero-order valence-corrected chi connectivity index (χ0v) is 15.3. The Labute approximate surface area is 139 Å². The van der Waals surface area contributed by atoms with Crippen LogP contribution in [0.5, 0.6) is 0 Å². The van der Waals surface area contributed by atoms with Crippen molar-refractivity contribution in [3.8, 4) is 0 Å². The second-order valence-corrected chi connectivity index (χ2v) is 8.97. The molecule has 2 unspecified atom stereocenters. The van der Waals surface area contributed by atoms with Crippen LogP contribution in [0.25, 0.3) is 0 Å². The minimum absolute atomic E-state index is 0.00190. The van der Waals surface area contributed by atoms with Gasteiger partial charge in [0.15, 0.2) is 5.78 Å². The van der Waals surface area contributed by atoms with Crippen LogP contribution in [0.4, 0.5) is 0 Å². The number of Topliss-reactive ketones (excluding diaryl/α,β-unsaturated/α-hetero) is 1. The average Bonchev–Trinajstić information content (AvgIpc) is 2.94. The Balaban J connectivity index is 2.04. The van der Waals surface area contributed by atoms with Crippen LogP contribution in [-0.2, 0) is 14.3 Å². The number of rotatable bonds is 1. The molecule has 7 atom stereocenters. The topological polar surface area (TPSA) is 35.5 Å². The fourth-order valence-corrected chi connectivity index (χ4v) is 6.87. The maximum absolute atomic E-state index is 13.7. The van der Waals surface area contributed by atoms with Crippen molar-refractivity contribution in [1.82, 2.24) is 0 Å². The Morgan fingerprint density at radius 1 is 1.30 bits per heavy atom. The monoisotopic (exact) mass is 316 g/mol. The predicted molar refractivity (Wildman–Crippen MR) is 89.0 cm³/mol. The van der Waals surface area contributed by atoms with Crippen LogP contribution < -0.4 is 0 Å². The standard InChI is InChI=1S/C20H28O3/c1-8-11(2)13-19(6)16(21)20(7)15-17(4,10-22-20)9-12(3)14(23-13)18(15,19)5/h8-9,13-15H,10H2,1-7H3/b11-8+/t13-,14?,15+,17-,18-,19+,20?/m0/s1. The second-order valence-electron chi connectivity index (χ2n) is 8.97. The number of allylic oxidation sites excluding steroid dienone is 1. The van der Waals surface area contributed by atoms with Gasteiger partial charge in [0, 0.05) is 16.7 Å². The molecule has 4 aliphatic rings. The van der Waals surface area contributed by atoms with E-state index in [2.05, 4.69) is 46.8 Å². The SMILES string of the molecule is C/C=C(\C)[C@@H]1OC2C(C)=C[C@@]3(C)COC4(C)C(=O)[C@]1(C)[C@]2(C)[C@H]43. The molecule has 2 saturated heterocycles. The highest BCUT2D eigenvalue weighted by atomic mass is 16.5. The van der Waals surface area contributed by atoms with Gasteiger partial charge in [-0.2, -0.15) is 0 Å². The van der Waals surface area contributed by atoms with Crippen molar-refractivity contribution in [2.24, 2.45) is 22.2 Å². The van der Waals surface area contributed by atoms with Crippen LogP contribution >= 0.6 is 0 Å². The van der Waals surface area contributed by atoms with Gasteiger partial charge in [0.05, 0.1) is 24.2 Å². The molecule has 0 aromatic carbocycles. The summed E-state index contributed by atoms with van der Waals surface area (Å²) in [5.41, 5.74) is 0.868. The zero-order chi connectivity index (χ0) is 17.0. The van der Waals surface area contributed by atoms with E-state index in [1.165, 1.54) is 5.57 Å². The molecular formula is C20H28O3. The summed E-state index contributed by atoms with van der Waals surface area (Å²) < 4.78 is 12.8. The molecule has 4 rings (SSSR count). The van der Waals surface area contributed by atoms with Crippen LogP contribution in [0.2, 0.25) is 0 Å². The van der Waals surface area contributed by atoms with Gasteiger partial charge in [0.1, 0.15) is 5.60 Å². The predicted octanol–water partition coefficient (Wildman–Crippen LogP) is 3.69. The number of hydrogen-bond acceptors (Lipinski definition) is 3. The van der Waals surface area contributed by atoms with Gasteiger partial charge < -0.3 is 9.47 Å². The maximum Gasteiger partial charge on any atom is 0.174 e. The van der Waals surface area contributed by atoms with Crippen molar-refractivity contribution in [1.29, 1.82) is 0 Å². The molecule has 2 heterocycles. The number of carbonyl (C=O) groups excluding carboxylic acids is 1. The first-order chi connectivity index (χ1) is 10.6. The average molecular weight is 316 g/mol. The normalized spacial score (nSPS) is 57.7. The van der Waals surface area contributed by atoms with Crippen LogP contribution in [0, 0.1) is 22.2 Å². The van der Waals surface area contributed by atoms with Crippen LogP contribution in [0.3, 0.4) is 0 Å². The van der Waals surface area contributed by atoms with E-state index in [9.17, 15) is 4.79 Å². The molecule has 1 saturated carbocycles. The third kappa shape index (κ3) is 1.32. The van der Waals surface area contributed by atoms with E-state index >= 15 is 0 Å². The van der Waals surface area contributed by atoms with Gasteiger partial charge in [-0.3, -0.25) is 4.79 Å². The minimum Gasteiger partial charge on any atom is -0.366 e. The number of ketones is 1. The Bertz CT molecular complexity index is 676. The molecule has 0 radical (unpaired) electrons. The van der Waals surface area contributed by atoms with E-state index in [4.69, 9.17) is 9.47 Å². The smallest absolute Gasteiger partial charge is 0.174 e. The van der Waals surface area contributed by atoms with Gasteiger partial charge in [0.25, 0.3) is 0 Å². The van der Waals surface area contributed by atoms with E-state index in [0.717, 1.165) is 5.57 Å². The molecule has 3 heteroatoms. The van der Waals surface area contributed by atoms with Gasteiger partial charge in [-0.15, -0.1) is 0 Å². The fourth-order valence-electron chi connectivity index (χ4n) is 6.87. The summed E-state index contributed by atoms with van der Waals surface area (Å²) in [5.74, 6) is 0.404. The highest BCUT2D eigenvalue weighted by molar-refractivity contribution is 5.98. The highest BCUT2D eigenvalue weighted by Crippen LogP contribution is 2.76. The van der Waals surface area contributed by atoms with Crippen molar-refractivity contribution in [3.05, 3.63) is 23.3 Å². The van der Waals surface area contributed by atoms with Gasteiger partial charge in [-0.25, -0.2) is 0 Å². The lowest BCUT2D eigenvalue weighted by Gasteiger charge is -2.49. The molecule has 0 N–H and O–H groups in total. The van der Waals surface area contributed by atoms with Crippen molar-refractivity contribution < 1.29 is 14.3 Å². The van der Waals surface area contributed by atoms with Gasteiger partial charge in [-0.1, -0.05) is 26.0 Å². The molecule has 2 aliphatic heterocycles. The number of ether oxygens (including phenoxy) is 2. The lowest BCUT2D eigenvalue weighted by atomic mass is 9.51. The molecule has 3 fully saturated rings. The van der Waals surface area contributed by atoms with Crippen LogP contribution in [0.1, 0.15) is 48.5 Å². The summed E-state index contributed by atoms with van der Waals surface area (Å²) in [7, 11) is 0. The fraction of sp³-hybridized carbons (Fsp3) is 0.750. The van der Waals surface area contributed by atoms with E-state index in [0.29, 0.717) is 6.61 Å². The minimum atomic E-state index is -0.691. The van der Waals surface area contributed by atoms with Gasteiger partial charge in [0.2, 0.25) is 0 Å². The quantitative estimate of drug-likeness (QED) is 0.692. The Kier molecular flexibility index (Phi) is 2.71. The summed E-state index contributed by atoms with van der Waals surface area (Å²) in [6, 6.07) is 0. The summed E-state index contributed by atoms with van der Waals surface area (Å²) in [5, 5.41) is 0. The van der Waals surface area contributed by atoms with Crippen LogP contribution in [0.15, 0.2) is 23.3 Å². The third-order valence-electron chi connectivity index (χ3n) is 7.72. The van der Waals surface area contributed by atoms with Crippen molar-refractivity contribution in [2.75, 3.05) is 6.61 Å². The van der Waals surface area contributed by atoms with E-state index < -0.39 is 11.0 Å². The molecule has 0 spiro atoms.